The van der Waals surface area contributed by atoms with E-state index in [1.54, 1.807) is 0 Å². The second-order valence-corrected chi connectivity index (χ2v) is 7.66. The molecule has 2 amide bonds. The molecule has 0 fully saturated rings. The summed E-state index contributed by atoms with van der Waals surface area (Å²) in [4.78, 5) is 26.2. The third-order valence-electron chi connectivity index (χ3n) is 4.46. The van der Waals surface area contributed by atoms with Crippen LogP contribution in [0.4, 0.5) is 13.2 Å². The van der Waals surface area contributed by atoms with Crippen LogP contribution in [0.1, 0.15) is 56.0 Å². The van der Waals surface area contributed by atoms with Crippen molar-refractivity contribution >= 4 is 11.8 Å². The maximum Gasteiger partial charge on any atom is 0.416 e. The molecule has 0 spiro atoms. The molecule has 1 unspecified atom stereocenters. The normalized spacial score (nSPS) is 12.7. The average Bonchev–Trinajstić information content (AvgIpc) is 2.67. The molecule has 9 heteroatoms. The summed E-state index contributed by atoms with van der Waals surface area (Å²) in [5, 5.41) is 15.6. The molecule has 0 saturated carbocycles. The van der Waals surface area contributed by atoms with Crippen LogP contribution >= 0.6 is 0 Å². The number of nitrogens with zero attached hydrogens (tertiary/aromatic N) is 1. The molecule has 30 heavy (non-hydrogen) atoms. The summed E-state index contributed by atoms with van der Waals surface area (Å²) >= 11 is 0. The van der Waals surface area contributed by atoms with Gasteiger partial charge < -0.3 is 15.3 Å². The molecule has 0 aliphatic carbocycles. The van der Waals surface area contributed by atoms with Gasteiger partial charge in [-0.3, -0.25) is 14.9 Å². The molecule has 0 bridgehead atoms. The number of halogens is 3. The van der Waals surface area contributed by atoms with Crippen molar-refractivity contribution in [1.82, 2.24) is 15.5 Å². The van der Waals surface area contributed by atoms with E-state index in [1.807, 2.05) is 6.92 Å². The highest BCUT2D eigenvalue weighted by Crippen LogP contribution is 2.29. The highest BCUT2D eigenvalue weighted by molar-refractivity contribution is 5.96. The third-order valence-corrected chi connectivity index (χ3v) is 4.46. The Morgan fingerprint density at radius 3 is 2.50 bits per heavy atom. The van der Waals surface area contributed by atoms with Crippen molar-refractivity contribution in [1.29, 1.82) is 0 Å². The van der Waals surface area contributed by atoms with Gasteiger partial charge in [-0.05, 0) is 43.5 Å². The molecule has 0 aromatic heterocycles. The Morgan fingerprint density at radius 2 is 1.90 bits per heavy atom. The van der Waals surface area contributed by atoms with Crippen LogP contribution in [0.3, 0.4) is 0 Å². The lowest BCUT2D eigenvalue weighted by molar-refractivity contribution is -0.137. The summed E-state index contributed by atoms with van der Waals surface area (Å²) in [6.07, 6.45) is -3.03. The summed E-state index contributed by atoms with van der Waals surface area (Å²) in [6.45, 7) is 6.73. The average molecular weight is 431 g/mol. The van der Waals surface area contributed by atoms with E-state index in [1.165, 1.54) is 11.0 Å². The van der Waals surface area contributed by atoms with Crippen molar-refractivity contribution < 1.29 is 27.9 Å². The number of aliphatic hydroxyl groups is 1. The summed E-state index contributed by atoms with van der Waals surface area (Å²) in [6, 6.07) is 4.02. The number of hydrogen-bond acceptors (Lipinski definition) is 4. The molecule has 170 valence electrons. The van der Waals surface area contributed by atoms with E-state index in [0.29, 0.717) is 18.9 Å². The molecule has 0 aliphatic heterocycles. The molecule has 0 heterocycles. The van der Waals surface area contributed by atoms with Crippen LogP contribution in [0.15, 0.2) is 24.3 Å². The highest BCUT2D eigenvalue weighted by Gasteiger charge is 2.31. The summed E-state index contributed by atoms with van der Waals surface area (Å²) in [7, 11) is 0. The maximum absolute atomic E-state index is 12.8. The first-order chi connectivity index (χ1) is 14.0. The Kier molecular flexibility index (Phi) is 10.8. The zero-order valence-electron chi connectivity index (χ0n) is 17.8. The second kappa shape index (κ2) is 12.5. The molecule has 0 radical (unpaired) electrons. The molecule has 1 rings (SSSR count). The van der Waals surface area contributed by atoms with Gasteiger partial charge in [0, 0.05) is 12.1 Å². The minimum absolute atomic E-state index is 0.112. The van der Waals surface area contributed by atoms with E-state index < -0.39 is 29.7 Å². The van der Waals surface area contributed by atoms with Gasteiger partial charge in [-0.15, -0.1) is 0 Å². The van der Waals surface area contributed by atoms with E-state index in [9.17, 15) is 27.9 Å². The molecule has 6 nitrogen and oxygen atoms in total. The fraction of sp³-hybridized carbons (Fsp3) is 0.619. The van der Waals surface area contributed by atoms with Gasteiger partial charge in [0.05, 0.1) is 24.9 Å². The Labute approximate surface area is 175 Å². The number of carbonyl (C=O) groups is 2. The van der Waals surface area contributed by atoms with E-state index >= 15 is 0 Å². The largest absolute Gasteiger partial charge is 0.416 e. The van der Waals surface area contributed by atoms with E-state index in [4.69, 9.17) is 0 Å². The van der Waals surface area contributed by atoms with Gasteiger partial charge in [-0.1, -0.05) is 33.3 Å². The van der Waals surface area contributed by atoms with Crippen LogP contribution in [0, 0.1) is 5.92 Å². The first kappa shape index (κ1) is 25.9. The van der Waals surface area contributed by atoms with Gasteiger partial charge in [-0.25, -0.2) is 0 Å². The molecule has 0 aliphatic rings. The number of carbonyl (C=O) groups excluding carboxylic acids is 2. The van der Waals surface area contributed by atoms with Gasteiger partial charge in [0.1, 0.15) is 0 Å². The highest BCUT2D eigenvalue weighted by atomic mass is 19.4. The number of amides is 2. The van der Waals surface area contributed by atoms with Crippen molar-refractivity contribution in [2.24, 2.45) is 5.92 Å². The molecule has 1 atom stereocenters. The summed E-state index contributed by atoms with van der Waals surface area (Å²) in [5.74, 6) is -0.696. The summed E-state index contributed by atoms with van der Waals surface area (Å²) in [5.41, 5.74) is -1.11. The predicted molar refractivity (Wildman–Crippen MR) is 109 cm³/mol. The fourth-order valence-electron chi connectivity index (χ4n) is 2.74. The van der Waals surface area contributed by atoms with Crippen LogP contribution in [0.2, 0.25) is 0 Å². The number of aliphatic hydroxyl groups excluding tert-OH is 1. The lowest BCUT2D eigenvalue weighted by atomic mass is 10.1. The molecular weight excluding hydrogens is 399 g/mol. The summed E-state index contributed by atoms with van der Waals surface area (Å²) < 4.78 is 38.4. The molecule has 3 N–H and O–H groups in total. The van der Waals surface area contributed by atoms with Gasteiger partial charge in [0.15, 0.2) is 0 Å². The smallest absolute Gasteiger partial charge is 0.391 e. The van der Waals surface area contributed by atoms with Crippen LogP contribution in [0.25, 0.3) is 0 Å². The van der Waals surface area contributed by atoms with Crippen molar-refractivity contribution in [3.05, 3.63) is 35.4 Å². The van der Waals surface area contributed by atoms with Crippen molar-refractivity contribution in [3.8, 4) is 0 Å². The van der Waals surface area contributed by atoms with Crippen molar-refractivity contribution in [3.63, 3.8) is 0 Å². The van der Waals surface area contributed by atoms with Gasteiger partial charge in [0.25, 0.3) is 5.91 Å². The Bertz CT molecular complexity index is 681. The lowest BCUT2D eigenvalue weighted by Gasteiger charge is -2.26. The van der Waals surface area contributed by atoms with Gasteiger partial charge >= 0.3 is 6.18 Å². The van der Waals surface area contributed by atoms with E-state index in [-0.39, 0.29) is 25.3 Å². The number of hydrogen-bond donors (Lipinski definition) is 3. The molecule has 1 aromatic carbocycles. The topological polar surface area (TPSA) is 81.7 Å². The number of benzene rings is 1. The Balaban J connectivity index is 2.69. The predicted octanol–water partition coefficient (Wildman–Crippen LogP) is 3.02. The van der Waals surface area contributed by atoms with Crippen molar-refractivity contribution in [2.45, 2.75) is 52.3 Å². The zero-order chi connectivity index (χ0) is 22.7. The fourth-order valence-corrected chi connectivity index (χ4v) is 2.74. The second-order valence-electron chi connectivity index (χ2n) is 7.66. The van der Waals surface area contributed by atoms with Gasteiger partial charge in [0.2, 0.25) is 5.91 Å². The first-order valence-corrected chi connectivity index (χ1v) is 10.2. The third kappa shape index (κ3) is 9.58. The maximum atomic E-state index is 12.8. The molecule has 1 aromatic rings. The van der Waals surface area contributed by atoms with Crippen LogP contribution in [-0.2, 0) is 11.0 Å². The number of rotatable bonds is 12. The zero-order valence-corrected chi connectivity index (χ0v) is 17.8. The van der Waals surface area contributed by atoms with Crippen LogP contribution in [0.5, 0.6) is 0 Å². The number of alkyl halides is 3. The molecule has 0 saturated heterocycles. The minimum atomic E-state index is -4.56. The van der Waals surface area contributed by atoms with Crippen LogP contribution in [-0.4, -0.2) is 54.2 Å². The standard InChI is InChI=1S/C21H32F3N3O3/c1-4-6-18(28)13-27(14-25-10-9-15(2)3)19(29)12-26-20(30)16-7-5-8-17(11-16)21(22,23)24/h5,7-8,11,15,18,25,28H,4,6,9-10,12-14H2,1-3H3,(H,26,30). The number of nitrogens with one attached hydrogen (secondary N) is 2. The van der Waals surface area contributed by atoms with Crippen molar-refractivity contribution in [2.75, 3.05) is 26.3 Å². The lowest BCUT2D eigenvalue weighted by Crippen LogP contribution is -2.47. The minimum Gasteiger partial charge on any atom is -0.391 e. The first-order valence-electron chi connectivity index (χ1n) is 10.2. The van der Waals surface area contributed by atoms with E-state index in [2.05, 4.69) is 24.5 Å². The Hall–Kier alpha value is -2.13. The van der Waals surface area contributed by atoms with Crippen LogP contribution < -0.4 is 10.6 Å². The quantitative estimate of drug-likeness (QED) is 0.351. The molecular formula is C21H32F3N3O3. The van der Waals surface area contributed by atoms with E-state index in [0.717, 1.165) is 31.0 Å². The van der Waals surface area contributed by atoms with Gasteiger partial charge in [-0.2, -0.15) is 13.2 Å². The monoisotopic (exact) mass is 431 g/mol. The Morgan fingerprint density at radius 1 is 1.20 bits per heavy atom. The SMILES string of the molecule is CCCC(O)CN(CNCCC(C)C)C(=O)CNC(=O)c1cccc(C(F)(F)F)c1.